The monoisotopic (exact) mass is 258 g/mol. The van der Waals surface area contributed by atoms with E-state index in [1.807, 2.05) is 0 Å². The van der Waals surface area contributed by atoms with Crippen molar-refractivity contribution < 1.29 is 32.6 Å². The molecule has 0 fully saturated rings. The molecule has 0 rings (SSSR count). The largest absolute Gasteiger partial charge is 0.481 e. The van der Waals surface area contributed by atoms with Crippen LogP contribution in [-0.4, -0.2) is 21.3 Å². The highest BCUT2D eigenvalue weighted by Gasteiger charge is 2.31. The Morgan fingerprint density at radius 3 is 2.27 bits per heavy atom. The molecule has 1 unspecified atom stereocenters. The zero-order valence-corrected chi connectivity index (χ0v) is 9.56. The van der Waals surface area contributed by atoms with Crippen LogP contribution in [0.4, 0.5) is 0 Å². The van der Waals surface area contributed by atoms with Gasteiger partial charge >= 0.3 is 15.6 Å². The van der Waals surface area contributed by atoms with Crippen LogP contribution in [0.15, 0.2) is 0 Å². The van der Waals surface area contributed by atoms with Crippen molar-refractivity contribution in [3.63, 3.8) is 0 Å². The van der Waals surface area contributed by atoms with Crippen LogP contribution in [0.2, 0.25) is 0 Å². The standard InChI is InChI=1S/C6H12O7P2/c1-2-3-4-5-6-12-15(10,11)13-14(7,8)9/h1H,3-6H2,(H,10,11)(H2,7,8,9). The lowest BCUT2D eigenvalue weighted by Gasteiger charge is -2.11. The van der Waals surface area contributed by atoms with Crippen LogP contribution >= 0.6 is 15.6 Å². The number of hydrogen-bond donors (Lipinski definition) is 3. The van der Waals surface area contributed by atoms with Crippen molar-refractivity contribution in [2.75, 3.05) is 6.61 Å². The maximum Gasteiger partial charge on any atom is 0.481 e. The van der Waals surface area contributed by atoms with Crippen LogP contribution in [-0.2, 0) is 18.0 Å². The van der Waals surface area contributed by atoms with E-state index in [1.165, 1.54) is 0 Å². The average Bonchev–Trinajstić information content (AvgIpc) is 1.99. The highest BCUT2D eigenvalue weighted by molar-refractivity contribution is 7.60. The first-order valence-electron chi connectivity index (χ1n) is 3.94. The van der Waals surface area contributed by atoms with Crippen LogP contribution in [0.5, 0.6) is 0 Å². The number of phosphoric ester groups is 1. The van der Waals surface area contributed by atoms with Gasteiger partial charge in [-0.2, -0.15) is 4.31 Å². The normalized spacial score (nSPS) is 15.6. The van der Waals surface area contributed by atoms with Gasteiger partial charge in [0.2, 0.25) is 0 Å². The molecule has 0 radical (unpaired) electrons. The number of terminal acetylenes is 1. The predicted molar refractivity (Wildman–Crippen MR) is 51.6 cm³/mol. The molecule has 9 heteroatoms. The molecule has 0 amide bonds. The van der Waals surface area contributed by atoms with Gasteiger partial charge in [-0.15, -0.1) is 12.3 Å². The SMILES string of the molecule is C#CCCCCOP(=O)(O)OP(=O)(O)O. The molecule has 0 aromatic heterocycles. The van der Waals surface area contributed by atoms with E-state index >= 15 is 0 Å². The zero-order chi connectivity index (χ0) is 11.9. The molecule has 15 heavy (non-hydrogen) atoms. The zero-order valence-electron chi connectivity index (χ0n) is 7.77. The lowest BCUT2D eigenvalue weighted by atomic mass is 10.2. The van der Waals surface area contributed by atoms with E-state index in [2.05, 4.69) is 14.8 Å². The van der Waals surface area contributed by atoms with E-state index in [-0.39, 0.29) is 6.61 Å². The minimum Gasteiger partial charge on any atom is -0.302 e. The molecule has 0 aromatic carbocycles. The molecular formula is C6H12O7P2. The van der Waals surface area contributed by atoms with E-state index in [4.69, 9.17) is 21.1 Å². The van der Waals surface area contributed by atoms with Gasteiger partial charge in [0.25, 0.3) is 0 Å². The Balaban J connectivity index is 3.81. The summed E-state index contributed by atoms with van der Waals surface area (Å²) in [4.78, 5) is 25.3. The lowest BCUT2D eigenvalue weighted by molar-refractivity contribution is 0.176. The summed E-state index contributed by atoms with van der Waals surface area (Å²) < 4.78 is 28.9. The third kappa shape index (κ3) is 10.1. The van der Waals surface area contributed by atoms with Gasteiger partial charge in [-0.1, -0.05) is 0 Å². The van der Waals surface area contributed by atoms with Gasteiger partial charge in [0.05, 0.1) is 6.61 Å². The van der Waals surface area contributed by atoms with Crippen molar-refractivity contribution in [1.29, 1.82) is 0 Å². The molecular weight excluding hydrogens is 246 g/mol. The second-order valence-electron chi connectivity index (χ2n) is 2.54. The Bertz CT molecular complexity index is 314. The van der Waals surface area contributed by atoms with Crippen molar-refractivity contribution in [2.45, 2.75) is 19.3 Å². The summed E-state index contributed by atoms with van der Waals surface area (Å²) in [6, 6.07) is 0. The average molecular weight is 258 g/mol. The van der Waals surface area contributed by atoms with Crippen molar-refractivity contribution in [3.05, 3.63) is 0 Å². The first kappa shape index (κ1) is 14.8. The molecule has 0 aliphatic rings. The minimum absolute atomic E-state index is 0.157. The van der Waals surface area contributed by atoms with Gasteiger partial charge in [-0.3, -0.25) is 4.52 Å². The summed E-state index contributed by atoms with van der Waals surface area (Å²) in [5, 5.41) is 0. The highest BCUT2D eigenvalue weighted by atomic mass is 31.3. The fraction of sp³-hybridized carbons (Fsp3) is 0.667. The lowest BCUT2D eigenvalue weighted by Crippen LogP contribution is -1.96. The smallest absolute Gasteiger partial charge is 0.302 e. The van der Waals surface area contributed by atoms with Crippen LogP contribution in [0.25, 0.3) is 0 Å². The van der Waals surface area contributed by atoms with Gasteiger partial charge in [-0.25, -0.2) is 9.13 Å². The minimum atomic E-state index is -5.02. The molecule has 0 saturated carbocycles. The van der Waals surface area contributed by atoms with Crippen LogP contribution < -0.4 is 0 Å². The quantitative estimate of drug-likeness (QED) is 0.355. The van der Waals surface area contributed by atoms with Gasteiger partial charge < -0.3 is 14.7 Å². The molecule has 88 valence electrons. The fourth-order valence-electron chi connectivity index (χ4n) is 0.667. The molecule has 0 aliphatic heterocycles. The first-order chi connectivity index (χ1) is 6.77. The van der Waals surface area contributed by atoms with Crippen molar-refractivity contribution in [1.82, 2.24) is 0 Å². The van der Waals surface area contributed by atoms with Gasteiger partial charge in [0.1, 0.15) is 0 Å². The Morgan fingerprint density at radius 2 is 1.80 bits per heavy atom. The summed E-state index contributed by atoms with van der Waals surface area (Å²) in [5.74, 6) is 2.36. The van der Waals surface area contributed by atoms with E-state index < -0.39 is 15.6 Å². The summed E-state index contributed by atoms with van der Waals surface area (Å²) in [6.45, 7) is -0.157. The predicted octanol–water partition coefficient (Wildman–Crippen LogP) is 1.02. The second kappa shape index (κ2) is 6.41. The van der Waals surface area contributed by atoms with E-state index in [1.54, 1.807) is 0 Å². The third-order valence-electron chi connectivity index (χ3n) is 1.18. The van der Waals surface area contributed by atoms with E-state index in [0.29, 0.717) is 19.3 Å². The molecule has 7 nitrogen and oxygen atoms in total. The third-order valence-corrected chi connectivity index (χ3v) is 3.36. The molecule has 0 heterocycles. The molecule has 0 aromatic rings. The number of phosphoric acid groups is 2. The topological polar surface area (TPSA) is 113 Å². The highest BCUT2D eigenvalue weighted by Crippen LogP contribution is 2.57. The first-order valence-corrected chi connectivity index (χ1v) is 6.97. The number of unbranched alkanes of at least 4 members (excludes halogenated alkanes) is 2. The van der Waals surface area contributed by atoms with Crippen LogP contribution in [0.3, 0.4) is 0 Å². The van der Waals surface area contributed by atoms with Gasteiger partial charge in [-0.05, 0) is 12.8 Å². The fourth-order valence-corrected chi connectivity index (χ4v) is 2.29. The summed E-state index contributed by atoms with van der Waals surface area (Å²) in [7, 11) is -9.70. The van der Waals surface area contributed by atoms with Crippen molar-refractivity contribution in [3.8, 4) is 12.3 Å². The summed E-state index contributed by atoms with van der Waals surface area (Å²) in [5.41, 5.74) is 0. The Hall–Kier alpha value is -0.180. The summed E-state index contributed by atoms with van der Waals surface area (Å²) >= 11 is 0. The molecule has 0 saturated heterocycles. The number of hydrogen-bond acceptors (Lipinski definition) is 4. The Morgan fingerprint density at radius 1 is 1.20 bits per heavy atom. The van der Waals surface area contributed by atoms with Gasteiger partial charge in [0.15, 0.2) is 0 Å². The Kier molecular flexibility index (Phi) is 6.34. The Labute approximate surface area is 87.3 Å². The maximum atomic E-state index is 10.8. The molecule has 3 N–H and O–H groups in total. The molecule has 0 aliphatic carbocycles. The molecule has 0 bridgehead atoms. The van der Waals surface area contributed by atoms with Crippen molar-refractivity contribution >= 4 is 15.6 Å². The molecule has 0 spiro atoms. The summed E-state index contributed by atoms with van der Waals surface area (Å²) in [6.07, 6.45) is 6.45. The van der Waals surface area contributed by atoms with Crippen molar-refractivity contribution in [2.24, 2.45) is 0 Å². The number of rotatable bonds is 7. The van der Waals surface area contributed by atoms with E-state index in [9.17, 15) is 9.13 Å². The van der Waals surface area contributed by atoms with E-state index in [0.717, 1.165) is 0 Å². The van der Waals surface area contributed by atoms with Crippen LogP contribution in [0, 0.1) is 12.3 Å². The second-order valence-corrected chi connectivity index (χ2v) is 5.36. The molecule has 1 atom stereocenters. The van der Waals surface area contributed by atoms with Gasteiger partial charge in [0, 0.05) is 6.42 Å². The van der Waals surface area contributed by atoms with Crippen LogP contribution in [0.1, 0.15) is 19.3 Å². The maximum absolute atomic E-state index is 10.8.